The largest absolute Gasteiger partial charge is 0.457 e. The van der Waals surface area contributed by atoms with Gasteiger partial charge in [0.25, 0.3) is 0 Å². The number of ether oxygens (including phenoxy) is 1. The van der Waals surface area contributed by atoms with Crippen molar-refractivity contribution in [2.75, 3.05) is 5.73 Å². The number of benzene rings is 1. The number of hydrogen-bond acceptors (Lipinski definition) is 6. The van der Waals surface area contributed by atoms with Crippen LogP contribution in [-0.4, -0.2) is 20.5 Å². The third kappa shape index (κ3) is 3.42. The summed E-state index contributed by atoms with van der Waals surface area (Å²) in [5, 5.41) is 0.151. The van der Waals surface area contributed by atoms with Crippen LogP contribution in [0.25, 0.3) is 11.0 Å². The number of carbonyl (C=O) groups excluding carboxylic acids is 1. The summed E-state index contributed by atoms with van der Waals surface area (Å²) in [4.78, 5) is 33.7. The standard InChI is InChI=1S/C19H20N4O3/c1-3-9-23-10-14(19(25)26-11-13-7-5-4-6-8-13)16(24)15-17(20)21-12(2)22-18(15)23/h4-8,10H,3,9,11H2,1-2H3,(H2,20,21,22). The zero-order chi connectivity index (χ0) is 18.7. The van der Waals surface area contributed by atoms with Crippen LogP contribution in [0.5, 0.6) is 0 Å². The lowest BCUT2D eigenvalue weighted by molar-refractivity contribution is 0.0470. The Morgan fingerprint density at radius 3 is 2.65 bits per heavy atom. The van der Waals surface area contributed by atoms with Gasteiger partial charge in [0.05, 0.1) is 0 Å². The second-order valence-electron chi connectivity index (χ2n) is 5.98. The van der Waals surface area contributed by atoms with Crippen LogP contribution >= 0.6 is 0 Å². The minimum absolute atomic E-state index is 0.0685. The Morgan fingerprint density at radius 2 is 1.96 bits per heavy atom. The molecule has 0 saturated heterocycles. The number of carbonyl (C=O) groups is 1. The first-order chi connectivity index (χ1) is 12.5. The van der Waals surface area contributed by atoms with Crippen LogP contribution in [0.1, 0.15) is 35.1 Å². The minimum Gasteiger partial charge on any atom is -0.457 e. The van der Waals surface area contributed by atoms with Crippen molar-refractivity contribution in [2.45, 2.75) is 33.4 Å². The van der Waals surface area contributed by atoms with Gasteiger partial charge in [0.15, 0.2) is 0 Å². The number of hydrogen-bond donors (Lipinski definition) is 1. The Labute approximate surface area is 150 Å². The highest BCUT2D eigenvalue weighted by atomic mass is 16.5. The molecular weight excluding hydrogens is 332 g/mol. The van der Waals surface area contributed by atoms with E-state index in [1.54, 1.807) is 11.5 Å². The smallest absolute Gasteiger partial charge is 0.344 e. The molecular formula is C19H20N4O3. The highest BCUT2D eigenvalue weighted by Gasteiger charge is 2.20. The Balaban J connectivity index is 2.04. The summed E-state index contributed by atoms with van der Waals surface area (Å²) >= 11 is 0. The Morgan fingerprint density at radius 1 is 1.23 bits per heavy atom. The van der Waals surface area contributed by atoms with Crippen LogP contribution in [0, 0.1) is 6.92 Å². The van der Waals surface area contributed by atoms with Crippen LogP contribution < -0.4 is 11.2 Å². The van der Waals surface area contributed by atoms with Crippen molar-refractivity contribution in [1.82, 2.24) is 14.5 Å². The van der Waals surface area contributed by atoms with Crippen LogP contribution in [0.4, 0.5) is 5.82 Å². The van der Waals surface area contributed by atoms with Crippen LogP contribution in [0.2, 0.25) is 0 Å². The average molecular weight is 352 g/mol. The fraction of sp³-hybridized carbons (Fsp3) is 0.263. The molecule has 0 aliphatic heterocycles. The highest BCUT2D eigenvalue weighted by molar-refractivity contribution is 5.95. The average Bonchev–Trinajstić information content (AvgIpc) is 2.62. The zero-order valence-corrected chi connectivity index (χ0v) is 14.7. The van der Waals surface area contributed by atoms with E-state index < -0.39 is 11.4 Å². The molecule has 0 amide bonds. The van der Waals surface area contributed by atoms with E-state index in [9.17, 15) is 9.59 Å². The molecule has 1 aromatic carbocycles. The first-order valence-electron chi connectivity index (χ1n) is 8.39. The van der Waals surface area contributed by atoms with Gasteiger partial charge in [-0.1, -0.05) is 37.3 Å². The molecule has 0 spiro atoms. The van der Waals surface area contributed by atoms with E-state index in [1.165, 1.54) is 6.20 Å². The van der Waals surface area contributed by atoms with Gasteiger partial charge in [-0.15, -0.1) is 0 Å². The van der Waals surface area contributed by atoms with Crippen molar-refractivity contribution in [1.29, 1.82) is 0 Å². The summed E-state index contributed by atoms with van der Waals surface area (Å²) in [6, 6.07) is 9.28. The van der Waals surface area contributed by atoms with E-state index in [4.69, 9.17) is 10.5 Å². The second-order valence-corrected chi connectivity index (χ2v) is 5.98. The summed E-state index contributed by atoms with van der Waals surface area (Å²) in [6.07, 6.45) is 2.30. The SMILES string of the molecule is CCCn1cc(C(=O)OCc2ccccc2)c(=O)c2c(N)nc(C)nc21. The van der Waals surface area contributed by atoms with Gasteiger partial charge in [0.1, 0.15) is 34.8 Å². The van der Waals surface area contributed by atoms with Crippen molar-refractivity contribution in [2.24, 2.45) is 0 Å². The van der Waals surface area contributed by atoms with Crippen LogP contribution in [-0.2, 0) is 17.9 Å². The fourth-order valence-corrected chi connectivity index (χ4v) is 2.77. The predicted octanol–water partition coefficient (Wildman–Crippen LogP) is 2.45. The number of rotatable bonds is 5. The van der Waals surface area contributed by atoms with Crippen LogP contribution in [0.15, 0.2) is 41.3 Å². The number of nitrogen functional groups attached to an aromatic ring is 1. The number of aryl methyl sites for hydroxylation is 2. The number of fused-ring (bicyclic) bond motifs is 1. The number of aromatic nitrogens is 3. The molecule has 0 unspecified atom stereocenters. The number of pyridine rings is 1. The Hall–Kier alpha value is -3.22. The van der Waals surface area contributed by atoms with Crippen molar-refractivity contribution in [3.8, 4) is 0 Å². The lowest BCUT2D eigenvalue weighted by Gasteiger charge is -2.13. The highest BCUT2D eigenvalue weighted by Crippen LogP contribution is 2.16. The third-order valence-corrected chi connectivity index (χ3v) is 3.96. The van der Waals surface area contributed by atoms with Gasteiger partial charge in [0, 0.05) is 12.7 Å². The number of nitrogens with two attached hydrogens (primary N) is 1. The van der Waals surface area contributed by atoms with Crippen molar-refractivity contribution in [3.05, 3.63) is 63.7 Å². The van der Waals surface area contributed by atoms with E-state index in [0.29, 0.717) is 18.0 Å². The van der Waals surface area contributed by atoms with E-state index in [1.807, 2.05) is 37.3 Å². The molecule has 0 radical (unpaired) electrons. The molecule has 2 heterocycles. The molecule has 7 nitrogen and oxygen atoms in total. The Kier molecular flexibility index (Phi) is 4.97. The first-order valence-corrected chi connectivity index (χ1v) is 8.39. The quantitative estimate of drug-likeness (QED) is 0.708. The number of anilines is 1. The van der Waals surface area contributed by atoms with E-state index in [0.717, 1.165) is 12.0 Å². The van der Waals surface area contributed by atoms with Crippen LogP contribution in [0.3, 0.4) is 0 Å². The van der Waals surface area contributed by atoms with Gasteiger partial charge >= 0.3 is 5.97 Å². The lowest BCUT2D eigenvalue weighted by atomic mass is 10.2. The van der Waals surface area contributed by atoms with Gasteiger partial charge in [-0.2, -0.15) is 0 Å². The third-order valence-electron chi connectivity index (χ3n) is 3.96. The molecule has 0 aliphatic rings. The molecule has 3 rings (SSSR count). The summed E-state index contributed by atoms with van der Waals surface area (Å²) in [6.45, 7) is 4.38. The summed E-state index contributed by atoms with van der Waals surface area (Å²) in [7, 11) is 0. The van der Waals surface area contributed by atoms with Gasteiger partial charge in [-0.3, -0.25) is 4.79 Å². The molecule has 0 aliphatic carbocycles. The molecule has 0 bridgehead atoms. The summed E-state index contributed by atoms with van der Waals surface area (Å²) in [5.41, 5.74) is 6.63. The molecule has 3 aromatic rings. The van der Waals surface area contributed by atoms with Crippen molar-refractivity contribution < 1.29 is 9.53 Å². The Bertz CT molecular complexity index is 1010. The van der Waals surface area contributed by atoms with Gasteiger partial charge < -0.3 is 15.0 Å². The summed E-state index contributed by atoms with van der Waals surface area (Å²) < 4.78 is 7.06. The van der Waals surface area contributed by atoms with Gasteiger partial charge in [0.2, 0.25) is 5.43 Å². The van der Waals surface area contributed by atoms with E-state index >= 15 is 0 Å². The normalized spacial score (nSPS) is 10.8. The first kappa shape index (κ1) is 17.6. The second kappa shape index (κ2) is 7.35. The maximum absolute atomic E-state index is 12.8. The lowest BCUT2D eigenvalue weighted by Crippen LogP contribution is -2.23. The molecule has 134 valence electrons. The summed E-state index contributed by atoms with van der Waals surface area (Å²) in [5.74, 6) is -0.149. The number of esters is 1. The zero-order valence-electron chi connectivity index (χ0n) is 14.7. The number of nitrogens with zero attached hydrogens (tertiary/aromatic N) is 3. The predicted molar refractivity (Wildman–Crippen MR) is 98.8 cm³/mol. The molecule has 0 atom stereocenters. The van der Waals surface area contributed by atoms with E-state index in [-0.39, 0.29) is 23.4 Å². The monoisotopic (exact) mass is 352 g/mol. The maximum atomic E-state index is 12.8. The molecule has 7 heteroatoms. The fourth-order valence-electron chi connectivity index (χ4n) is 2.77. The van der Waals surface area contributed by atoms with Gasteiger partial charge in [-0.05, 0) is 18.9 Å². The molecule has 2 aromatic heterocycles. The molecule has 0 fully saturated rings. The maximum Gasteiger partial charge on any atom is 0.344 e. The van der Waals surface area contributed by atoms with Crippen molar-refractivity contribution >= 4 is 22.8 Å². The molecule has 2 N–H and O–H groups in total. The van der Waals surface area contributed by atoms with Crippen molar-refractivity contribution in [3.63, 3.8) is 0 Å². The van der Waals surface area contributed by atoms with Gasteiger partial charge in [-0.25, -0.2) is 14.8 Å². The topological polar surface area (TPSA) is 100 Å². The molecule has 26 heavy (non-hydrogen) atoms. The van der Waals surface area contributed by atoms with E-state index in [2.05, 4.69) is 9.97 Å². The molecule has 0 saturated carbocycles. The minimum atomic E-state index is -0.689.